The van der Waals surface area contributed by atoms with Gasteiger partial charge in [0.05, 0.1) is 0 Å². The molecule has 112 valence electrons. The standard InChI is InChI=1S/C17H27FN2/c1-4-17(3)7-9-20(10-8-17)16(12-19)15-6-5-14(18)11-13(15)2/h5-6,11,16H,4,7-10,12,19H2,1-3H3. The molecule has 1 aliphatic heterocycles. The Morgan fingerprint density at radius 1 is 1.35 bits per heavy atom. The molecule has 1 aromatic rings. The smallest absolute Gasteiger partial charge is 0.123 e. The third kappa shape index (κ3) is 3.21. The minimum absolute atomic E-state index is 0.167. The summed E-state index contributed by atoms with van der Waals surface area (Å²) in [7, 11) is 0. The molecule has 0 bridgehead atoms. The predicted octanol–water partition coefficient (Wildman–Crippen LogP) is 3.65. The van der Waals surface area contributed by atoms with Crippen molar-refractivity contribution in [3.05, 3.63) is 35.1 Å². The van der Waals surface area contributed by atoms with Gasteiger partial charge in [0.15, 0.2) is 0 Å². The Balaban J connectivity index is 2.13. The van der Waals surface area contributed by atoms with Crippen LogP contribution >= 0.6 is 0 Å². The zero-order valence-corrected chi connectivity index (χ0v) is 13.0. The quantitative estimate of drug-likeness (QED) is 0.911. The summed E-state index contributed by atoms with van der Waals surface area (Å²) in [6.07, 6.45) is 3.68. The highest BCUT2D eigenvalue weighted by Gasteiger charge is 2.31. The van der Waals surface area contributed by atoms with Gasteiger partial charge in [-0.1, -0.05) is 26.3 Å². The topological polar surface area (TPSA) is 29.3 Å². The minimum Gasteiger partial charge on any atom is -0.329 e. The Hall–Kier alpha value is -0.930. The second-order valence-electron chi connectivity index (χ2n) is 6.45. The zero-order valence-electron chi connectivity index (χ0n) is 13.0. The molecule has 0 saturated carbocycles. The molecule has 2 rings (SSSR count). The molecule has 1 saturated heterocycles. The van der Waals surface area contributed by atoms with Gasteiger partial charge in [0.1, 0.15) is 5.82 Å². The fraction of sp³-hybridized carbons (Fsp3) is 0.647. The summed E-state index contributed by atoms with van der Waals surface area (Å²) >= 11 is 0. The first-order chi connectivity index (χ1) is 9.49. The van der Waals surface area contributed by atoms with Crippen molar-refractivity contribution >= 4 is 0 Å². The van der Waals surface area contributed by atoms with Gasteiger partial charge in [0.25, 0.3) is 0 Å². The summed E-state index contributed by atoms with van der Waals surface area (Å²) in [5.74, 6) is -0.167. The number of nitrogens with zero attached hydrogens (tertiary/aromatic N) is 1. The van der Waals surface area contributed by atoms with Crippen LogP contribution < -0.4 is 5.73 Å². The number of hydrogen-bond donors (Lipinski definition) is 1. The number of aryl methyl sites for hydroxylation is 1. The summed E-state index contributed by atoms with van der Waals surface area (Å²) in [6, 6.07) is 5.27. The van der Waals surface area contributed by atoms with Crippen molar-refractivity contribution in [1.29, 1.82) is 0 Å². The van der Waals surface area contributed by atoms with E-state index in [-0.39, 0.29) is 11.9 Å². The van der Waals surface area contributed by atoms with Crippen molar-refractivity contribution in [2.24, 2.45) is 11.1 Å². The Kier molecular flexibility index (Phi) is 4.82. The number of piperidine rings is 1. The van der Waals surface area contributed by atoms with E-state index in [4.69, 9.17) is 5.73 Å². The van der Waals surface area contributed by atoms with Crippen molar-refractivity contribution in [3.63, 3.8) is 0 Å². The minimum atomic E-state index is -0.167. The van der Waals surface area contributed by atoms with E-state index in [1.165, 1.54) is 24.8 Å². The van der Waals surface area contributed by atoms with Crippen LogP contribution in [0.15, 0.2) is 18.2 Å². The van der Waals surface area contributed by atoms with Crippen molar-refractivity contribution < 1.29 is 4.39 Å². The highest BCUT2D eigenvalue weighted by atomic mass is 19.1. The molecule has 2 nitrogen and oxygen atoms in total. The van der Waals surface area contributed by atoms with Gasteiger partial charge >= 0.3 is 0 Å². The number of benzene rings is 1. The average molecular weight is 278 g/mol. The number of rotatable bonds is 4. The molecule has 3 heteroatoms. The van der Waals surface area contributed by atoms with E-state index in [1.807, 2.05) is 13.0 Å². The molecule has 0 spiro atoms. The lowest BCUT2D eigenvalue weighted by atomic mass is 9.77. The van der Waals surface area contributed by atoms with Gasteiger partial charge < -0.3 is 5.73 Å². The van der Waals surface area contributed by atoms with Crippen molar-refractivity contribution in [3.8, 4) is 0 Å². The number of likely N-dealkylation sites (tertiary alicyclic amines) is 1. The molecule has 1 aromatic carbocycles. The molecule has 1 atom stereocenters. The van der Waals surface area contributed by atoms with E-state index in [9.17, 15) is 4.39 Å². The van der Waals surface area contributed by atoms with Crippen LogP contribution in [0.5, 0.6) is 0 Å². The first kappa shape index (κ1) is 15.5. The average Bonchev–Trinajstić information content (AvgIpc) is 2.44. The third-order valence-corrected chi connectivity index (χ3v) is 5.11. The van der Waals surface area contributed by atoms with Crippen LogP contribution in [0.1, 0.15) is 50.3 Å². The lowest BCUT2D eigenvalue weighted by molar-refractivity contribution is 0.0826. The van der Waals surface area contributed by atoms with Gasteiger partial charge in [0, 0.05) is 12.6 Å². The zero-order chi connectivity index (χ0) is 14.8. The van der Waals surface area contributed by atoms with E-state index < -0.39 is 0 Å². The van der Waals surface area contributed by atoms with E-state index in [0.29, 0.717) is 12.0 Å². The molecule has 20 heavy (non-hydrogen) atoms. The molecule has 0 amide bonds. The van der Waals surface area contributed by atoms with E-state index >= 15 is 0 Å². The summed E-state index contributed by atoms with van der Waals surface area (Å²) in [5.41, 5.74) is 8.67. The maximum atomic E-state index is 13.3. The molecule has 1 unspecified atom stereocenters. The second-order valence-corrected chi connectivity index (χ2v) is 6.45. The molecule has 1 heterocycles. The Bertz CT molecular complexity index is 450. The summed E-state index contributed by atoms with van der Waals surface area (Å²) in [5, 5.41) is 0. The van der Waals surface area contributed by atoms with Gasteiger partial charge in [-0.15, -0.1) is 0 Å². The fourth-order valence-electron chi connectivity index (χ4n) is 3.21. The second kappa shape index (κ2) is 6.23. The van der Waals surface area contributed by atoms with Crippen LogP contribution in [0.2, 0.25) is 0 Å². The van der Waals surface area contributed by atoms with E-state index in [1.54, 1.807) is 12.1 Å². The lowest BCUT2D eigenvalue weighted by Gasteiger charge is -2.42. The molecule has 0 aromatic heterocycles. The number of halogens is 1. The Morgan fingerprint density at radius 3 is 2.50 bits per heavy atom. The normalized spacial score (nSPS) is 20.9. The first-order valence-corrected chi connectivity index (χ1v) is 7.69. The van der Waals surface area contributed by atoms with Crippen LogP contribution in [0, 0.1) is 18.2 Å². The summed E-state index contributed by atoms with van der Waals surface area (Å²) in [6.45, 7) is 9.40. The lowest BCUT2D eigenvalue weighted by Crippen LogP contribution is -2.43. The molecule has 1 aliphatic rings. The third-order valence-electron chi connectivity index (χ3n) is 5.11. The van der Waals surface area contributed by atoms with Gasteiger partial charge in [0.2, 0.25) is 0 Å². The Morgan fingerprint density at radius 2 is 2.00 bits per heavy atom. The van der Waals surface area contributed by atoms with Crippen molar-refractivity contribution in [2.75, 3.05) is 19.6 Å². The van der Waals surface area contributed by atoms with Crippen LogP contribution in [-0.4, -0.2) is 24.5 Å². The predicted molar refractivity (Wildman–Crippen MR) is 82.1 cm³/mol. The van der Waals surface area contributed by atoms with Gasteiger partial charge in [-0.05, 0) is 61.5 Å². The van der Waals surface area contributed by atoms with Crippen molar-refractivity contribution in [2.45, 2.75) is 46.1 Å². The largest absolute Gasteiger partial charge is 0.329 e. The van der Waals surface area contributed by atoms with Crippen LogP contribution in [0.25, 0.3) is 0 Å². The number of hydrogen-bond acceptors (Lipinski definition) is 2. The fourth-order valence-corrected chi connectivity index (χ4v) is 3.21. The maximum Gasteiger partial charge on any atom is 0.123 e. The van der Waals surface area contributed by atoms with Crippen LogP contribution in [0.4, 0.5) is 4.39 Å². The Labute approximate surface area is 122 Å². The number of nitrogens with two attached hydrogens (primary N) is 1. The van der Waals surface area contributed by atoms with Crippen LogP contribution in [0.3, 0.4) is 0 Å². The maximum absolute atomic E-state index is 13.3. The molecule has 0 radical (unpaired) electrons. The molecular formula is C17H27FN2. The highest BCUT2D eigenvalue weighted by molar-refractivity contribution is 5.30. The van der Waals surface area contributed by atoms with Gasteiger partial charge in [-0.3, -0.25) is 4.90 Å². The molecule has 2 N–H and O–H groups in total. The first-order valence-electron chi connectivity index (χ1n) is 7.69. The molecule has 0 aliphatic carbocycles. The highest BCUT2D eigenvalue weighted by Crippen LogP contribution is 2.37. The van der Waals surface area contributed by atoms with E-state index in [2.05, 4.69) is 18.7 Å². The van der Waals surface area contributed by atoms with Crippen molar-refractivity contribution in [1.82, 2.24) is 4.90 Å². The monoisotopic (exact) mass is 278 g/mol. The molecule has 1 fully saturated rings. The molecular weight excluding hydrogens is 251 g/mol. The summed E-state index contributed by atoms with van der Waals surface area (Å²) < 4.78 is 13.3. The van der Waals surface area contributed by atoms with E-state index in [0.717, 1.165) is 18.7 Å². The van der Waals surface area contributed by atoms with Crippen LogP contribution in [-0.2, 0) is 0 Å². The summed E-state index contributed by atoms with van der Waals surface area (Å²) in [4.78, 5) is 2.47. The van der Waals surface area contributed by atoms with Gasteiger partial charge in [-0.2, -0.15) is 0 Å². The van der Waals surface area contributed by atoms with Gasteiger partial charge in [-0.25, -0.2) is 4.39 Å². The SMILES string of the molecule is CCC1(C)CCN(C(CN)c2ccc(F)cc2C)CC1.